The molecule has 1 aromatic carbocycles. The monoisotopic (exact) mass is 254 g/mol. The Kier molecular flexibility index (Phi) is 3.19. The van der Waals surface area contributed by atoms with E-state index in [2.05, 4.69) is 18.8 Å². The van der Waals surface area contributed by atoms with Gasteiger partial charge in [-0.25, -0.2) is 4.98 Å². The first kappa shape index (κ1) is 11.8. The van der Waals surface area contributed by atoms with Crippen LogP contribution in [0.3, 0.4) is 0 Å². The van der Waals surface area contributed by atoms with E-state index in [0.717, 1.165) is 22.0 Å². The smallest absolute Gasteiger partial charge is 0.101 e. The van der Waals surface area contributed by atoms with E-state index in [9.17, 15) is 0 Å². The predicted molar refractivity (Wildman–Crippen MR) is 71.3 cm³/mol. The molecule has 0 radical (unpaired) electrons. The van der Waals surface area contributed by atoms with Gasteiger partial charge in [0.25, 0.3) is 0 Å². The van der Waals surface area contributed by atoms with Gasteiger partial charge in [0, 0.05) is 17.0 Å². The maximum atomic E-state index is 5.95. The lowest BCUT2D eigenvalue weighted by molar-refractivity contribution is 0.465. The SMILES string of the molecule is CCC(C)(CN)c1nc2cc(Cl)ccc2s1. The summed E-state index contributed by atoms with van der Waals surface area (Å²) >= 11 is 7.66. The van der Waals surface area contributed by atoms with Crippen LogP contribution in [0.5, 0.6) is 0 Å². The van der Waals surface area contributed by atoms with Gasteiger partial charge in [-0.2, -0.15) is 0 Å². The third kappa shape index (κ3) is 1.95. The molecular weight excluding hydrogens is 240 g/mol. The van der Waals surface area contributed by atoms with Gasteiger partial charge in [-0.05, 0) is 24.6 Å². The topological polar surface area (TPSA) is 38.9 Å². The molecule has 0 aliphatic heterocycles. The highest BCUT2D eigenvalue weighted by atomic mass is 35.5. The lowest BCUT2D eigenvalue weighted by Gasteiger charge is -2.23. The second kappa shape index (κ2) is 4.32. The van der Waals surface area contributed by atoms with Crippen molar-refractivity contribution in [2.75, 3.05) is 6.54 Å². The van der Waals surface area contributed by atoms with Crippen molar-refractivity contribution in [1.29, 1.82) is 0 Å². The molecule has 0 amide bonds. The molecule has 1 unspecified atom stereocenters. The van der Waals surface area contributed by atoms with Crippen LogP contribution in [0.4, 0.5) is 0 Å². The molecule has 4 heteroatoms. The van der Waals surface area contributed by atoms with Gasteiger partial charge in [-0.15, -0.1) is 11.3 Å². The second-order valence-corrected chi connectivity index (χ2v) is 5.72. The summed E-state index contributed by atoms with van der Waals surface area (Å²) < 4.78 is 1.17. The Bertz CT molecular complexity index is 503. The molecule has 16 heavy (non-hydrogen) atoms. The number of hydrogen-bond acceptors (Lipinski definition) is 3. The first-order chi connectivity index (χ1) is 7.59. The van der Waals surface area contributed by atoms with Gasteiger partial charge < -0.3 is 5.73 Å². The summed E-state index contributed by atoms with van der Waals surface area (Å²) in [5, 5.41) is 1.84. The summed E-state index contributed by atoms with van der Waals surface area (Å²) in [5.41, 5.74) is 6.80. The fraction of sp³-hybridized carbons (Fsp3) is 0.417. The minimum atomic E-state index is -0.0177. The van der Waals surface area contributed by atoms with Crippen molar-refractivity contribution >= 4 is 33.2 Å². The van der Waals surface area contributed by atoms with Crippen molar-refractivity contribution in [1.82, 2.24) is 4.98 Å². The Balaban J connectivity index is 2.54. The number of hydrogen-bond donors (Lipinski definition) is 1. The van der Waals surface area contributed by atoms with Crippen molar-refractivity contribution in [3.8, 4) is 0 Å². The summed E-state index contributed by atoms with van der Waals surface area (Å²) in [4.78, 5) is 4.64. The van der Waals surface area contributed by atoms with E-state index in [1.807, 2.05) is 18.2 Å². The van der Waals surface area contributed by atoms with Crippen LogP contribution >= 0.6 is 22.9 Å². The molecule has 2 aromatic rings. The quantitative estimate of drug-likeness (QED) is 0.909. The fourth-order valence-corrected chi connectivity index (χ4v) is 2.88. The highest BCUT2D eigenvalue weighted by molar-refractivity contribution is 7.18. The second-order valence-electron chi connectivity index (χ2n) is 4.25. The Labute approximate surface area is 104 Å². The number of rotatable bonds is 3. The van der Waals surface area contributed by atoms with Gasteiger partial charge in [-0.1, -0.05) is 25.4 Å². The third-order valence-corrected chi connectivity index (χ3v) is 4.67. The maximum Gasteiger partial charge on any atom is 0.101 e. The summed E-state index contributed by atoms with van der Waals surface area (Å²) in [6.45, 7) is 4.93. The Morgan fingerprint density at radius 3 is 2.88 bits per heavy atom. The molecule has 1 atom stereocenters. The number of fused-ring (bicyclic) bond motifs is 1. The standard InChI is InChI=1S/C12H15ClN2S/c1-3-12(2,7-14)11-15-9-6-8(13)4-5-10(9)16-11/h4-6H,3,7,14H2,1-2H3. The largest absolute Gasteiger partial charge is 0.330 e. The molecule has 0 bridgehead atoms. The minimum absolute atomic E-state index is 0.0177. The molecule has 0 fully saturated rings. The third-order valence-electron chi connectivity index (χ3n) is 3.10. The molecule has 1 heterocycles. The van der Waals surface area contributed by atoms with Crippen LogP contribution in [-0.2, 0) is 5.41 Å². The molecule has 0 spiro atoms. The van der Waals surface area contributed by atoms with E-state index in [1.165, 1.54) is 4.70 Å². The maximum absolute atomic E-state index is 5.95. The van der Waals surface area contributed by atoms with Crippen LogP contribution < -0.4 is 5.73 Å². The summed E-state index contributed by atoms with van der Waals surface area (Å²) in [6, 6.07) is 5.83. The molecule has 0 saturated carbocycles. The van der Waals surface area contributed by atoms with E-state index in [0.29, 0.717) is 6.54 Å². The number of nitrogens with zero attached hydrogens (tertiary/aromatic N) is 1. The van der Waals surface area contributed by atoms with Gasteiger partial charge in [0.15, 0.2) is 0 Å². The first-order valence-electron chi connectivity index (χ1n) is 5.35. The van der Waals surface area contributed by atoms with Crippen LogP contribution in [0.15, 0.2) is 18.2 Å². The summed E-state index contributed by atoms with van der Waals surface area (Å²) in [6.07, 6.45) is 0.997. The van der Waals surface area contributed by atoms with Crippen LogP contribution in [0, 0.1) is 0 Å². The van der Waals surface area contributed by atoms with Crippen molar-refractivity contribution in [2.24, 2.45) is 5.73 Å². The zero-order chi connectivity index (χ0) is 11.8. The molecule has 0 saturated heterocycles. The van der Waals surface area contributed by atoms with Crippen LogP contribution in [0.1, 0.15) is 25.3 Å². The number of halogens is 1. The first-order valence-corrected chi connectivity index (χ1v) is 6.55. The molecule has 2 nitrogen and oxygen atoms in total. The molecule has 86 valence electrons. The molecule has 1 aromatic heterocycles. The van der Waals surface area contributed by atoms with E-state index in [-0.39, 0.29) is 5.41 Å². The Morgan fingerprint density at radius 2 is 2.25 bits per heavy atom. The number of thiazole rings is 1. The van der Waals surface area contributed by atoms with Crippen molar-refractivity contribution in [2.45, 2.75) is 25.7 Å². The van der Waals surface area contributed by atoms with Crippen LogP contribution in [0.2, 0.25) is 5.02 Å². The van der Waals surface area contributed by atoms with Gasteiger partial charge >= 0.3 is 0 Å². The minimum Gasteiger partial charge on any atom is -0.330 e. The zero-order valence-electron chi connectivity index (χ0n) is 9.46. The highest BCUT2D eigenvalue weighted by Crippen LogP contribution is 2.34. The Hall–Kier alpha value is -0.640. The highest BCUT2D eigenvalue weighted by Gasteiger charge is 2.26. The molecular formula is C12H15ClN2S. The summed E-state index contributed by atoms with van der Waals surface area (Å²) in [5.74, 6) is 0. The van der Waals surface area contributed by atoms with Crippen molar-refractivity contribution in [3.63, 3.8) is 0 Å². The van der Waals surface area contributed by atoms with E-state index >= 15 is 0 Å². The van der Waals surface area contributed by atoms with E-state index < -0.39 is 0 Å². The normalized spacial score (nSPS) is 15.2. The van der Waals surface area contributed by atoms with Crippen molar-refractivity contribution in [3.05, 3.63) is 28.2 Å². The molecule has 2 N–H and O–H groups in total. The van der Waals surface area contributed by atoms with E-state index in [4.69, 9.17) is 17.3 Å². The zero-order valence-corrected chi connectivity index (χ0v) is 11.0. The van der Waals surface area contributed by atoms with Gasteiger partial charge in [0.05, 0.1) is 10.2 Å². The number of nitrogens with two attached hydrogens (primary N) is 1. The predicted octanol–water partition coefficient (Wildman–Crippen LogP) is 3.58. The van der Waals surface area contributed by atoms with Gasteiger partial charge in [0.1, 0.15) is 5.01 Å². The van der Waals surface area contributed by atoms with Gasteiger partial charge in [-0.3, -0.25) is 0 Å². The van der Waals surface area contributed by atoms with E-state index in [1.54, 1.807) is 11.3 Å². The van der Waals surface area contributed by atoms with Crippen molar-refractivity contribution < 1.29 is 0 Å². The lowest BCUT2D eigenvalue weighted by atomic mass is 9.89. The molecule has 0 aliphatic carbocycles. The van der Waals surface area contributed by atoms with Crippen LogP contribution in [-0.4, -0.2) is 11.5 Å². The number of aromatic nitrogens is 1. The van der Waals surface area contributed by atoms with Gasteiger partial charge in [0.2, 0.25) is 0 Å². The Morgan fingerprint density at radius 1 is 1.50 bits per heavy atom. The molecule has 0 aliphatic rings. The average molecular weight is 255 g/mol. The lowest BCUT2D eigenvalue weighted by Crippen LogP contribution is -2.30. The fourth-order valence-electron chi connectivity index (χ4n) is 1.54. The molecule has 2 rings (SSSR count). The number of benzene rings is 1. The summed E-state index contributed by atoms with van der Waals surface area (Å²) in [7, 11) is 0. The van der Waals surface area contributed by atoms with Crippen LogP contribution in [0.25, 0.3) is 10.2 Å². The average Bonchev–Trinajstić information content (AvgIpc) is 2.71.